The fourth-order valence-electron chi connectivity index (χ4n) is 21.0. The van der Waals surface area contributed by atoms with Crippen LogP contribution in [0.3, 0.4) is 0 Å². The van der Waals surface area contributed by atoms with Crippen LogP contribution in [-0.4, -0.2) is 55.0 Å². The van der Waals surface area contributed by atoms with E-state index in [2.05, 4.69) is 69.2 Å². The lowest BCUT2D eigenvalue weighted by molar-refractivity contribution is -0.163. The van der Waals surface area contributed by atoms with E-state index in [0.29, 0.717) is 87.7 Å². The first-order valence-electron chi connectivity index (χ1n) is 29.0. The molecule has 1 aromatic carbocycles. The fourth-order valence-corrected chi connectivity index (χ4v) is 21.0. The van der Waals surface area contributed by atoms with Crippen molar-refractivity contribution in [2.24, 2.45) is 122 Å². The number of amides is 2. The maximum Gasteiger partial charge on any atom is 0.305 e. The van der Waals surface area contributed by atoms with Crippen LogP contribution in [0.5, 0.6) is 0 Å². The second kappa shape index (κ2) is 19.5. The van der Waals surface area contributed by atoms with Gasteiger partial charge in [-0.1, -0.05) is 81.4 Å². The van der Waals surface area contributed by atoms with Crippen molar-refractivity contribution in [2.45, 2.75) is 197 Å². The molecule has 8 fully saturated rings. The van der Waals surface area contributed by atoms with Crippen LogP contribution < -0.4 is 5.73 Å². The molecular weight excluding hydrogens is 869 g/mol. The number of methoxy groups -OCH3 is 2. The summed E-state index contributed by atoms with van der Waals surface area (Å²) >= 11 is 0. The van der Waals surface area contributed by atoms with Crippen molar-refractivity contribution in [1.29, 1.82) is 0 Å². The molecule has 8 heteroatoms. The van der Waals surface area contributed by atoms with Crippen LogP contribution in [0.15, 0.2) is 24.3 Å². The summed E-state index contributed by atoms with van der Waals surface area (Å²) in [4.78, 5) is 51.9. The van der Waals surface area contributed by atoms with E-state index >= 15 is 0 Å². The second-order valence-corrected chi connectivity index (χ2v) is 27.5. The largest absolute Gasteiger partial charge is 0.469 e. The number of fused-ring (bicyclic) bond motifs is 11. The summed E-state index contributed by atoms with van der Waals surface area (Å²) in [5, 5.41) is 0. The van der Waals surface area contributed by atoms with Crippen LogP contribution >= 0.6 is 0 Å². The van der Waals surface area contributed by atoms with Crippen LogP contribution in [0.4, 0.5) is 0 Å². The highest BCUT2D eigenvalue weighted by molar-refractivity contribution is 6.21. The van der Waals surface area contributed by atoms with Gasteiger partial charge in [0, 0.05) is 24.9 Å². The molecule has 1 aromatic rings. The minimum Gasteiger partial charge on any atom is -0.469 e. The van der Waals surface area contributed by atoms with Gasteiger partial charge in [-0.15, -0.1) is 0 Å². The molecule has 1 aliphatic heterocycles. The number of carbonyl (C=O) groups excluding carboxylic acids is 4. The molecule has 0 saturated heterocycles. The van der Waals surface area contributed by atoms with E-state index in [-0.39, 0.29) is 35.2 Å². The zero-order valence-electron chi connectivity index (χ0n) is 45.9. The highest BCUT2D eigenvalue weighted by Gasteiger charge is 2.66. The van der Waals surface area contributed by atoms with Crippen molar-refractivity contribution in [2.75, 3.05) is 14.2 Å². The Hall–Kier alpha value is -2.74. The molecule has 8 saturated carbocycles. The number of rotatable bonds is 9. The monoisotopic (exact) mass is 965 g/mol. The Morgan fingerprint density at radius 1 is 0.614 bits per heavy atom. The molecule has 70 heavy (non-hydrogen) atoms. The average Bonchev–Trinajstić information content (AvgIpc) is 3.97. The molecule has 0 bridgehead atoms. The molecule has 0 radical (unpaired) electrons. The van der Waals surface area contributed by atoms with E-state index in [4.69, 9.17) is 15.2 Å². The van der Waals surface area contributed by atoms with Crippen LogP contribution in [0.1, 0.15) is 206 Å². The number of esters is 2. The number of nitrogens with zero attached hydrogens (tertiary/aromatic N) is 1. The lowest BCUT2D eigenvalue weighted by Gasteiger charge is -2.65. The predicted octanol–water partition coefficient (Wildman–Crippen LogP) is 13.4. The van der Waals surface area contributed by atoms with Gasteiger partial charge in [0.25, 0.3) is 11.8 Å². The van der Waals surface area contributed by atoms with Crippen LogP contribution in [-0.2, 0) is 19.1 Å². The van der Waals surface area contributed by atoms with Gasteiger partial charge in [0.15, 0.2) is 0 Å². The van der Waals surface area contributed by atoms with Gasteiger partial charge in [-0.25, -0.2) is 0 Å². The molecule has 0 spiro atoms. The third kappa shape index (κ3) is 8.29. The van der Waals surface area contributed by atoms with Gasteiger partial charge in [-0.3, -0.25) is 24.1 Å². The standard InChI is InChI=1S/C35H49NO4.C27H47NO2/c1-20(11-14-30(37)40-6)27-12-13-28-31-21(2)17-23-19-24(36-32(38)25-9-7-8-10-26(25)33(36)39)15-16-34(23,4)29(31)18-22(3)35(27,28)5;1-16(7-10-24(29)30-6)21-8-9-22-25-17(2)13-19-15-20(28)11-12-26(19,4)23(25)14-18(3)27(21,22)5/h7-10,20-24,27-29,31H,11-19H2,1-6H3;16-23,25H,7-15,28H2,1-6H3/t20?,21?,22-,23?,24?,27+,28?,29?,31?,34-,35+;16?,17?,18-,19?,20?,21+,22?,23?,25?,26-,27+/m00/s1. The third-order valence-corrected chi connectivity index (χ3v) is 25.0. The second-order valence-electron chi connectivity index (χ2n) is 27.5. The maximum atomic E-state index is 13.3. The topological polar surface area (TPSA) is 116 Å². The van der Waals surface area contributed by atoms with Gasteiger partial charge in [0.1, 0.15) is 0 Å². The summed E-state index contributed by atoms with van der Waals surface area (Å²) in [6, 6.07) is 7.79. The molecule has 8 nitrogen and oxygen atoms in total. The van der Waals surface area contributed by atoms with Gasteiger partial charge < -0.3 is 15.2 Å². The quantitative estimate of drug-likeness (QED) is 0.194. The third-order valence-electron chi connectivity index (χ3n) is 25.0. The summed E-state index contributed by atoms with van der Waals surface area (Å²) in [5.74, 6) is 11.4. The van der Waals surface area contributed by atoms with E-state index in [9.17, 15) is 19.2 Å². The first kappa shape index (κ1) is 52.1. The normalized spacial score (nSPS) is 46.6. The molecule has 8 aliphatic carbocycles. The summed E-state index contributed by atoms with van der Waals surface area (Å²) in [6.07, 6.45) is 20.5. The molecule has 2 amide bonds. The molecule has 0 aromatic heterocycles. The molecule has 2 N–H and O–H groups in total. The summed E-state index contributed by atoms with van der Waals surface area (Å²) < 4.78 is 9.87. The van der Waals surface area contributed by atoms with Crippen molar-refractivity contribution in [1.82, 2.24) is 4.90 Å². The zero-order valence-corrected chi connectivity index (χ0v) is 45.9. The lowest BCUT2D eigenvalue weighted by atomic mass is 9.40. The Morgan fingerprint density at radius 3 is 1.49 bits per heavy atom. The summed E-state index contributed by atoms with van der Waals surface area (Å²) in [5.41, 5.74) is 9.12. The Balaban J connectivity index is 0.000000181. The Morgan fingerprint density at radius 2 is 1.04 bits per heavy atom. The molecular formula is C62H96N2O6. The number of imide groups is 1. The van der Waals surface area contributed by atoms with Gasteiger partial charge in [0.05, 0.1) is 25.3 Å². The number of hydrogen-bond donors (Lipinski definition) is 1. The minimum atomic E-state index is -0.0868. The number of carbonyl (C=O) groups is 4. The van der Waals surface area contributed by atoms with Crippen molar-refractivity contribution < 1.29 is 28.7 Å². The fraction of sp³-hybridized carbons (Fsp3) is 0.839. The first-order chi connectivity index (χ1) is 33.1. The number of hydrogen-bond acceptors (Lipinski definition) is 7. The molecule has 9 aliphatic rings. The smallest absolute Gasteiger partial charge is 0.305 e. The highest BCUT2D eigenvalue weighted by atomic mass is 16.5. The first-order valence-corrected chi connectivity index (χ1v) is 29.0. The zero-order chi connectivity index (χ0) is 50.4. The van der Waals surface area contributed by atoms with Crippen LogP contribution in [0, 0.1) is 116 Å². The van der Waals surface area contributed by atoms with Crippen molar-refractivity contribution in [3.05, 3.63) is 35.4 Å². The molecule has 22 atom stereocenters. The Labute approximate surface area is 424 Å². The predicted molar refractivity (Wildman–Crippen MR) is 278 cm³/mol. The molecule has 14 unspecified atom stereocenters. The van der Waals surface area contributed by atoms with Crippen LogP contribution in [0.25, 0.3) is 0 Å². The number of benzene rings is 1. The number of nitrogens with two attached hydrogens (primary N) is 1. The van der Waals surface area contributed by atoms with Crippen LogP contribution in [0.2, 0.25) is 0 Å². The Kier molecular flexibility index (Phi) is 14.5. The summed E-state index contributed by atoms with van der Waals surface area (Å²) in [7, 11) is 3.01. The minimum absolute atomic E-state index is 0.0204. The summed E-state index contributed by atoms with van der Waals surface area (Å²) in [6.45, 7) is 25.4. The SMILES string of the molecule is COC(=O)CCC(C)[C@H]1CCC2C3C(C)CC4CC(N)CC[C@]4(C)C3C[C@H](C)[C@@]21C.COC(=O)CCC(C)[C@H]1CCC2C3C(C)CC4CC(N5C(=O)c6ccccc6C5=O)CC[C@]4(C)C3C[C@H](C)[C@@]21C. The molecule has 10 rings (SSSR count). The maximum absolute atomic E-state index is 13.3. The van der Waals surface area contributed by atoms with Gasteiger partial charge >= 0.3 is 11.9 Å². The molecule has 390 valence electrons. The highest BCUT2D eigenvalue weighted by Crippen LogP contribution is 2.73. The van der Waals surface area contributed by atoms with Crippen molar-refractivity contribution >= 4 is 23.8 Å². The van der Waals surface area contributed by atoms with Crippen molar-refractivity contribution in [3.63, 3.8) is 0 Å². The average molecular weight is 965 g/mol. The molecule has 1 heterocycles. The van der Waals surface area contributed by atoms with E-state index in [1.165, 1.54) is 84.8 Å². The van der Waals surface area contributed by atoms with E-state index in [0.717, 1.165) is 85.4 Å². The number of ether oxygens (including phenoxy) is 2. The van der Waals surface area contributed by atoms with Gasteiger partial charge in [-0.2, -0.15) is 0 Å². The Bertz CT molecular complexity index is 2090. The lowest BCUT2D eigenvalue weighted by Crippen LogP contribution is -2.60. The van der Waals surface area contributed by atoms with Crippen molar-refractivity contribution in [3.8, 4) is 0 Å². The van der Waals surface area contributed by atoms with E-state index in [1.54, 1.807) is 17.0 Å². The van der Waals surface area contributed by atoms with E-state index < -0.39 is 0 Å². The van der Waals surface area contributed by atoms with Gasteiger partial charge in [0.2, 0.25) is 0 Å². The van der Waals surface area contributed by atoms with E-state index in [1.807, 2.05) is 12.1 Å². The van der Waals surface area contributed by atoms with Gasteiger partial charge in [-0.05, 0) is 231 Å².